The number of carboxylic acids is 1. The van der Waals surface area contributed by atoms with Crippen LogP contribution in [0.1, 0.15) is 43.7 Å². The molecule has 3 rings (SSSR count). The smallest absolute Gasteiger partial charge is 0.375 e. The van der Waals surface area contributed by atoms with E-state index in [2.05, 4.69) is 13.8 Å². The van der Waals surface area contributed by atoms with Gasteiger partial charge in [-0.3, -0.25) is 0 Å². The second-order valence-electron chi connectivity index (χ2n) is 6.48. The van der Waals surface area contributed by atoms with E-state index < -0.39 is 5.97 Å². The summed E-state index contributed by atoms with van der Waals surface area (Å²) in [4.78, 5) is 11.5. The minimum absolute atomic E-state index is 0.00357. The summed E-state index contributed by atoms with van der Waals surface area (Å²) in [5.74, 6) is 0.674. The Labute approximate surface area is 135 Å². The van der Waals surface area contributed by atoms with E-state index in [1.54, 1.807) is 25.3 Å². The number of fused-ring (bicyclic) bond motifs is 1. The highest BCUT2D eigenvalue weighted by Crippen LogP contribution is 2.39. The molecule has 1 saturated carbocycles. The molecule has 1 aromatic carbocycles. The lowest BCUT2D eigenvalue weighted by Gasteiger charge is -2.32. The largest absolute Gasteiger partial charge is 0.497 e. The number of rotatable bonds is 4. The molecule has 1 aliphatic carbocycles. The normalized spacial score (nSPS) is 24.6. The van der Waals surface area contributed by atoms with E-state index in [9.17, 15) is 9.90 Å². The van der Waals surface area contributed by atoms with Crippen LogP contribution in [0.4, 0.5) is 0 Å². The zero-order valence-electron chi connectivity index (χ0n) is 13.7. The topological polar surface area (TPSA) is 68.9 Å². The molecule has 3 atom stereocenters. The molecule has 3 unspecified atom stereocenters. The van der Waals surface area contributed by atoms with E-state index in [-0.39, 0.29) is 11.9 Å². The third-order valence-electron chi connectivity index (χ3n) is 4.70. The van der Waals surface area contributed by atoms with Crippen LogP contribution in [-0.4, -0.2) is 24.3 Å². The Morgan fingerprint density at radius 3 is 2.78 bits per heavy atom. The first-order valence-corrected chi connectivity index (χ1v) is 8.00. The molecule has 124 valence electrons. The van der Waals surface area contributed by atoms with Crippen molar-refractivity contribution in [1.29, 1.82) is 0 Å². The predicted octanol–water partition coefficient (Wildman–Crippen LogP) is 4.34. The maximum absolute atomic E-state index is 11.5. The summed E-state index contributed by atoms with van der Waals surface area (Å²) >= 11 is 0. The van der Waals surface area contributed by atoms with Crippen LogP contribution in [0, 0.1) is 11.8 Å². The van der Waals surface area contributed by atoms with Gasteiger partial charge in [-0.15, -0.1) is 0 Å². The van der Waals surface area contributed by atoms with Gasteiger partial charge < -0.3 is 19.0 Å². The molecule has 23 heavy (non-hydrogen) atoms. The SMILES string of the molecule is COc1ccc2oc(C(=O)O)c(OC3CC(C)CCC3C)c2c1. The van der Waals surface area contributed by atoms with Crippen LogP contribution < -0.4 is 9.47 Å². The summed E-state index contributed by atoms with van der Waals surface area (Å²) in [6, 6.07) is 5.21. The van der Waals surface area contributed by atoms with Gasteiger partial charge in [-0.1, -0.05) is 20.3 Å². The zero-order chi connectivity index (χ0) is 16.6. The molecule has 1 heterocycles. The number of benzene rings is 1. The van der Waals surface area contributed by atoms with E-state index in [1.807, 2.05) is 0 Å². The minimum atomic E-state index is -1.12. The van der Waals surface area contributed by atoms with Crippen molar-refractivity contribution >= 4 is 16.9 Å². The Morgan fingerprint density at radius 1 is 1.30 bits per heavy atom. The highest BCUT2D eigenvalue weighted by molar-refractivity contribution is 5.98. The van der Waals surface area contributed by atoms with E-state index in [1.165, 1.54) is 6.42 Å². The van der Waals surface area contributed by atoms with Crippen LogP contribution in [0.25, 0.3) is 11.0 Å². The second-order valence-corrected chi connectivity index (χ2v) is 6.48. The lowest BCUT2D eigenvalue weighted by molar-refractivity contribution is 0.0611. The number of hydrogen-bond donors (Lipinski definition) is 1. The van der Waals surface area contributed by atoms with E-state index in [4.69, 9.17) is 13.9 Å². The molecule has 0 amide bonds. The lowest BCUT2D eigenvalue weighted by Crippen LogP contribution is -2.32. The highest BCUT2D eigenvalue weighted by Gasteiger charge is 2.31. The van der Waals surface area contributed by atoms with Crippen LogP contribution in [0.2, 0.25) is 0 Å². The van der Waals surface area contributed by atoms with E-state index >= 15 is 0 Å². The van der Waals surface area contributed by atoms with Gasteiger partial charge >= 0.3 is 5.97 Å². The van der Waals surface area contributed by atoms with Crippen molar-refractivity contribution in [1.82, 2.24) is 0 Å². The predicted molar refractivity (Wildman–Crippen MR) is 86.3 cm³/mol. The van der Waals surface area contributed by atoms with Crippen molar-refractivity contribution < 1.29 is 23.8 Å². The van der Waals surface area contributed by atoms with Crippen LogP contribution in [0.3, 0.4) is 0 Å². The third kappa shape index (κ3) is 3.00. The molecule has 1 aliphatic rings. The third-order valence-corrected chi connectivity index (χ3v) is 4.70. The fraction of sp³-hybridized carbons (Fsp3) is 0.500. The van der Waals surface area contributed by atoms with Gasteiger partial charge in [0.25, 0.3) is 5.76 Å². The number of ether oxygens (including phenoxy) is 2. The number of hydrogen-bond acceptors (Lipinski definition) is 4. The number of aromatic carboxylic acids is 1. The molecule has 0 saturated heterocycles. The van der Waals surface area contributed by atoms with Gasteiger partial charge in [0.05, 0.1) is 12.5 Å². The molecule has 5 nitrogen and oxygen atoms in total. The second kappa shape index (κ2) is 6.14. The summed E-state index contributed by atoms with van der Waals surface area (Å²) in [7, 11) is 1.57. The molecular weight excluding hydrogens is 296 g/mol. The number of carbonyl (C=O) groups is 1. The van der Waals surface area contributed by atoms with Crippen LogP contribution in [0.15, 0.2) is 22.6 Å². The molecule has 5 heteroatoms. The molecule has 0 radical (unpaired) electrons. The fourth-order valence-corrected chi connectivity index (χ4v) is 3.23. The van der Waals surface area contributed by atoms with Crippen molar-refractivity contribution in [3.05, 3.63) is 24.0 Å². The van der Waals surface area contributed by atoms with Crippen LogP contribution in [0.5, 0.6) is 11.5 Å². The van der Waals surface area contributed by atoms with Crippen molar-refractivity contribution in [2.24, 2.45) is 11.8 Å². The number of carboxylic acid groups (broad SMARTS) is 1. The van der Waals surface area contributed by atoms with Gasteiger partial charge in [0.15, 0.2) is 5.75 Å². The van der Waals surface area contributed by atoms with Gasteiger partial charge in [0, 0.05) is 0 Å². The van der Waals surface area contributed by atoms with E-state index in [0.717, 1.165) is 12.8 Å². The maximum atomic E-state index is 11.5. The molecular formula is C18H22O5. The summed E-state index contributed by atoms with van der Waals surface area (Å²) in [5, 5.41) is 10.1. The van der Waals surface area contributed by atoms with Gasteiger partial charge in [-0.2, -0.15) is 0 Å². The Balaban J connectivity index is 2.03. The van der Waals surface area contributed by atoms with Crippen molar-refractivity contribution in [3.8, 4) is 11.5 Å². The van der Waals surface area contributed by atoms with E-state index in [0.29, 0.717) is 34.3 Å². The molecule has 2 aromatic rings. The number of methoxy groups -OCH3 is 1. The van der Waals surface area contributed by atoms with Crippen LogP contribution >= 0.6 is 0 Å². The molecule has 1 N–H and O–H groups in total. The Hall–Kier alpha value is -2.17. The monoisotopic (exact) mass is 318 g/mol. The fourth-order valence-electron chi connectivity index (χ4n) is 3.23. The summed E-state index contributed by atoms with van der Waals surface area (Å²) in [6.07, 6.45) is 3.21. The maximum Gasteiger partial charge on any atom is 0.375 e. The molecule has 1 aromatic heterocycles. The lowest BCUT2D eigenvalue weighted by atomic mass is 9.81. The summed E-state index contributed by atoms with van der Waals surface area (Å²) in [6.45, 7) is 4.36. The van der Waals surface area contributed by atoms with Crippen molar-refractivity contribution in [2.45, 2.75) is 39.2 Å². The Bertz CT molecular complexity index is 718. The molecule has 1 fully saturated rings. The molecule has 0 spiro atoms. The van der Waals surface area contributed by atoms with Gasteiger partial charge in [-0.05, 0) is 42.9 Å². The highest BCUT2D eigenvalue weighted by atomic mass is 16.5. The van der Waals surface area contributed by atoms with Crippen molar-refractivity contribution in [3.63, 3.8) is 0 Å². The Morgan fingerprint density at radius 2 is 2.09 bits per heavy atom. The first kappa shape index (κ1) is 15.7. The molecule has 0 bridgehead atoms. The molecule has 0 aliphatic heterocycles. The van der Waals surface area contributed by atoms with Crippen molar-refractivity contribution in [2.75, 3.05) is 7.11 Å². The first-order chi connectivity index (χ1) is 11.0. The standard InChI is InChI=1S/C18H22O5/c1-10-4-5-11(2)15(8-10)23-16-13-9-12(21-3)6-7-14(13)22-17(16)18(19)20/h6-7,9-11,15H,4-5,8H2,1-3H3,(H,19,20). The van der Waals surface area contributed by atoms with Gasteiger partial charge in [-0.25, -0.2) is 4.79 Å². The van der Waals surface area contributed by atoms with Crippen LogP contribution in [-0.2, 0) is 0 Å². The Kier molecular flexibility index (Phi) is 4.20. The summed E-state index contributed by atoms with van der Waals surface area (Å²) < 4.78 is 16.9. The number of furan rings is 1. The summed E-state index contributed by atoms with van der Waals surface area (Å²) in [5.41, 5.74) is 0.495. The minimum Gasteiger partial charge on any atom is -0.497 e. The van der Waals surface area contributed by atoms with Gasteiger partial charge in [0.2, 0.25) is 0 Å². The average molecular weight is 318 g/mol. The average Bonchev–Trinajstić information content (AvgIpc) is 2.89. The van der Waals surface area contributed by atoms with Gasteiger partial charge in [0.1, 0.15) is 17.4 Å². The zero-order valence-corrected chi connectivity index (χ0v) is 13.7. The quantitative estimate of drug-likeness (QED) is 0.908. The first-order valence-electron chi connectivity index (χ1n) is 8.00.